The molecule has 4 aromatic rings. The molecule has 0 bridgehead atoms. The van der Waals surface area contributed by atoms with E-state index in [-0.39, 0.29) is 23.4 Å². The quantitative estimate of drug-likeness (QED) is 0.407. The lowest BCUT2D eigenvalue weighted by Crippen LogP contribution is -2.33. The van der Waals surface area contributed by atoms with Gasteiger partial charge in [0.15, 0.2) is 11.5 Å². The van der Waals surface area contributed by atoms with Crippen molar-refractivity contribution >= 4 is 11.6 Å². The molecule has 0 amide bonds. The lowest BCUT2D eigenvalue weighted by Gasteiger charge is -2.27. The van der Waals surface area contributed by atoms with E-state index in [1.54, 1.807) is 30.5 Å². The Hall–Kier alpha value is -4.42. The van der Waals surface area contributed by atoms with Gasteiger partial charge in [0.1, 0.15) is 17.5 Å². The van der Waals surface area contributed by atoms with Crippen LogP contribution in [0.2, 0.25) is 0 Å². The number of imidazole rings is 1. The zero-order valence-corrected chi connectivity index (χ0v) is 19.9. The molecule has 1 saturated carbocycles. The summed E-state index contributed by atoms with van der Waals surface area (Å²) in [6, 6.07) is 11.3. The normalized spacial score (nSPS) is 17.4. The van der Waals surface area contributed by atoms with Gasteiger partial charge in [-0.25, -0.2) is 14.4 Å². The monoisotopic (exact) mass is 484 g/mol. The Morgan fingerprint density at radius 3 is 2.69 bits per heavy atom. The van der Waals surface area contributed by atoms with Crippen molar-refractivity contribution in [2.75, 3.05) is 19.1 Å². The Morgan fingerprint density at radius 2 is 2.06 bits per heavy atom. The molecule has 0 radical (unpaired) electrons. The van der Waals surface area contributed by atoms with Crippen LogP contribution in [0, 0.1) is 17.1 Å². The number of phenols is 1. The summed E-state index contributed by atoms with van der Waals surface area (Å²) in [5.41, 5.74) is 9.90. The molecule has 2 aromatic carbocycles. The largest absolute Gasteiger partial charge is 0.504 e. The highest BCUT2D eigenvalue weighted by Crippen LogP contribution is 2.40. The summed E-state index contributed by atoms with van der Waals surface area (Å²) in [4.78, 5) is 11.7. The van der Waals surface area contributed by atoms with Crippen molar-refractivity contribution in [1.82, 2.24) is 14.4 Å². The van der Waals surface area contributed by atoms with Crippen LogP contribution in [0.15, 0.2) is 60.9 Å². The van der Waals surface area contributed by atoms with Crippen LogP contribution in [0.5, 0.6) is 11.5 Å². The molecule has 8 nitrogen and oxygen atoms in total. The standard InChI is InChI=1S/C27H25FN6O2/c1-15-10-19(13-21(15)30)33(2)27-32-25(17-4-5-18(14-29)20(28)11-17)24(26-31-8-9-34(26)27)16-6-7-23(36-3)22(35)12-16/h4-9,11-12,19,21,35H,1,10,13,30H2,2-3H3. The topological polar surface area (TPSA) is 113 Å². The number of aromatic hydroxyl groups is 1. The molecule has 1 aliphatic carbocycles. The lowest BCUT2D eigenvalue weighted by atomic mass is 9.98. The zero-order chi connectivity index (χ0) is 25.6. The van der Waals surface area contributed by atoms with Crippen molar-refractivity contribution in [2.45, 2.75) is 24.9 Å². The fourth-order valence-corrected chi connectivity index (χ4v) is 4.74. The molecule has 2 heterocycles. The molecular weight excluding hydrogens is 459 g/mol. The van der Waals surface area contributed by atoms with Gasteiger partial charge in [-0.15, -0.1) is 0 Å². The van der Waals surface area contributed by atoms with Gasteiger partial charge < -0.3 is 20.5 Å². The summed E-state index contributed by atoms with van der Waals surface area (Å²) in [5, 5.41) is 19.7. The summed E-state index contributed by atoms with van der Waals surface area (Å²) in [5.74, 6) is 0.245. The van der Waals surface area contributed by atoms with E-state index in [2.05, 4.69) is 11.6 Å². The number of nitriles is 1. The Labute approximate surface area is 207 Å². The third-order valence-electron chi connectivity index (χ3n) is 6.77. The minimum absolute atomic E-state index is 0.0451. The maximum absolute atomic E-state index is 14.7. The summed E-state index contributed by atoms with van der Waals surface area (Å²) in [7, 11) is 3.42. The first-order chi connectivity index (χ1) is 17.3. The fraction of sp³-hybridized carbons (Fsp3) is 0.222. The van der Waals surface area contributed by atoms with Gasteiger partial charge >= 0.3 is 0 Å². The van der Waals surface area contributed by atoms with Gasteiger partial charge in [0.2, 0.25) is 5.95 Å². The second-order valence-electron chi connectivity index (χ2n) is 8.92. The molecule has 0 aliphatic heterocycles. The summed E-state index contributed by atoms with van der Waals surface area (Å²) in [6.07, 6.45) is 4.96. The predicted molar refractivity (Wildman–Crippen MR) is 135 cm³/mol. The number of ether oxygens (including phenoxy) is 1. The molecule has 182 valence electrons. The number of anilines is 1. The van der Waals surface area contributed by atoms with E-state index in [0.29, 0.717) is 39.7 Å². The van der Waals surface area contributed by atoms with E-state index in [9.17, 15) is 14.8 Å². The first-order valence-corrected chi connectivity index (χ1v) is 11.4. The number of halogens is 1. The van der Waals surface area contributed by atoms with Crippen molar-refractivity contribution in [3.05, 3.63) is 72.3 Å². The maximum Gasteiger partial charge on any atom is 0.211 e. The van der Waals surface area contributed by atoms with Gasteiger partial charge in [-0.2, -0.15) is 5.26 Å². The van der Waals surface area contributed by atoms with E-state index in [4.69, 9.17) is 15.5 Å². The molecule has 1 aliphatic rings. The van der Waals surface area contributed by atoms with Crippen LogP contribution in [-0.4, -0.2) is 45.7 Å². The van der Waals surface area contributed by atoms with Crippen LogP contribution in [0.1, 0.15) is 18.4 Å². The molecule has 9 heteroatoms. The fourth-order valence-electron chi connectivity index (χ4n) is 4.74. The third kappa shape index (κ3) is 3.82. The summed E-state index contributed by atoms with van der Waals surface area (Å²) >= 11 is 0. The molecule has 3 N–H and O–H groups in total. The third-order valence-corrected chi connectivity index (χ3v) is 6.77. The van der Waals surface area contributed by atoms with Gasteiger partial charge in [0.25, 0.3) is 0 Å². The minimum Gasteiger partial charge on any atom is -0.504 e. The molecule has 2 atom stereocenters. The zero-order valence-electron chi connectivity index (χ0n) is 19.9. The maximum atomic E-state index is 14.7. The second-order valence-corrected chi connectivity index (χ2v) is 8.92. The smallest absolute Gasteiger partial charge is 0.211 e. The number of nitrogens with two attached hydrogens (primary N) is 1. The SMILES string of the molecule is C=C1CC(N(C)c2nc(-c3ccc(C#N)c(F)c3)c(-c3ccc(OC)c(O)c3)c3nccn23)CC1N. The van der Waals surface area contributed by atoms with E-state index >= 15 is 0 Å². The first kappa shape index (κ1) is 23.3. The molecular formula is C27H25FN6O2. The number of fused-ring (bicyclic) bond motifs is 1. The lowest BCUT2D eigenvalue weighted by molar-refractivity contribution is 0.373. The van der Waals surface area contributed by atoms with Gasteiger partial charge in [0, 0.05) is 37.1 Å². The number of aromatic nitrogens is 3. The number of hydrogen-bond acceptors (Lipinski definition) is 7. The van der Waals surface area contributed by atoms with E-state index < -0.39 is 5.82 Å². The summed E-state index contributed by atoms with van der Waals surface area (Å²) < 4.78 is 21.8. The highest BCUT2D eigenvalue weighted by atomic mass is 19.1. The number of benzene rings is 2. The molecule has 2 aromatic heterocycles. The van der Waals surface area contributed by atoms with Gasteiger partial charge in [-0.1, -0.05) is 24.3 Å². The molecule has 0 saturated heterocycles. The van der Waals surface area contributed by atoms with Crippen molar-refractivity contribution < 1.29 is 14.2 Å². The average molecular weight is 485 g/mol. The van der Waals surface area contributed by atoms with Crippen LogP contribution in [0.4, 0.5) is 10.3 Å². The molecule has 5 rings (SSSR count). The van der Waals surface area contributed by atoms with Crippen LogP contribution < -0.4 is 15.4 Å². The summed E-state index contributed by atoms with van der Waals surface area (Å²) in [6.45, 7) is 4.09. The van der Waals surface area contributed by atoms with Crippen molar-refractivity contribution in [2.24, 2.45) is 5.73 Å². The van der Waals surface area contributed by atoms with Crippen molar-refractivity contribution in [3.8, 4) is 40.0 Å². The predicted octanol–water partition coefficient (Wildman–Crippen LogP) is 4.27. The molecule has 2 unspecified atom stereocenters. The highest BCUT2D eigenvalue weighted by Gasteiger charge is 2.31. The van der Waals surface area contributed by atoms with E-state index in [1.165, 1.54) is 19.2 Å². The van der Waals surface area contributed by atoms with Gasteiger partial charge in [0.05, 0.1) is 23.9 Å². The van der Waals surface area contributed by atoms with Gasteiger partial charge in [-0.3, -0.25) is 4.40 Å². The van der Waals surface area contributed by atoms with Crippen molar-refractivity contribution in [3.63, 3.8) is 0 Å². The van der Waals surface area contributed by atoms with Crippen LogP contribution >= 0.6 is 0 Å². The number of methoxy groups -OCH3 is 1. The number of nitrogens with zero attached hydrogens (tertiary/aromatic N) is 5. The Kier molecular flexibility index (Phi) is 5.82. The molecule has 1 fully saturated rings. The Morgan fingerprint density at radius 1 is 1.28 bits per heavy atom. The molecule has 36 heavy (non-hydrogen) atoms. The molecule has 0 spiro atoms. The average Bonchev–Trinajstić information content (AvgIpc) is 3.49. The number of rotatable bonds is 5. The van der Waals surface area contributed by atoms with E-state index in [0.717, 1.165) is 18.4 Å². The second kappa shape index (κ2) is 8.98. The van der Waals surface area contributed by atoms with Crippen LogP contribution in [0.3, 0.4) is 0 Å². The Bertz CT molecular complexity index is 1540. The minimum atomic E-state index is -0.642. The van der Waals surface area contributed by atoms with Crippen molar-refractivity contribution in [1.29, 1.82) is 5.26 Å². The Balaban J connectivity index is 1.77. The first-order valence-electron chi connectivity index (χ1n) is 11.4. The van der Waals surface area contributed by atoms with Gasteiger partial charge in [-0.05, 0) is 42.7 Å². The number of phenolic OH excluding ortho intramolecular Hbond substituents is 1. The van der Waals surface area contributed by atoms with Crippen LogP contribution in [-0.2, 0) is 0 Å². The van der Waals surface area contributed by atoms with Crippen LogP contribution in [0.25, 0.3) is 28.0 Å². The number of hydrogen-bond donors (Lipinski definition) is 2. The highest BCUT2D eigenvalue weighted by molar-refractivity contribution is 5.91. The van der Waals surface area contributed by atoms with E-state index in [1.807, 2.05) is 28.6 Å².